The number of carbonyl (C=O) groups is 1. The van der Waals surface area contributed by atoms with Crippen LogP contribution in [0.3, 0.4) is 0 Å². The third-order valence-corrected chi connectivity index (χ3v) is 2.43. The molecule has 1 aromatic rings. The molecule has 0 bridgehead atoms. The van der Waals surface area contributed by atoms with Crippen molar-refractivity contribution < 1.29 is 15.0 Å². The second kappa shape index (κ2) is 2.76. The molecule has 0 radical (unpaired) electrons. The normalized spacial score (nSPS) is 25.5. The first kappa shape index (κ1) is 8.10. The van der Waals surface area contributed by atoms with Crippen molar-refractivity contribution >= 4 is 5.97 Å². The van der Waals surface area contributed by atoms with Gasteiger partial charge in [0.2, 0.25) is 0 Å². The predicted molar refractivity (Wildman–Crippen MR) is 46.6 cm³/mol. The maximum absolute atomic E-state index is 10.6. The number of phenols is 1. The Morgan fingerprint density at radius 3 is 2.38 bits per heavy atom. The molecular formula is C10H10O3. The molecule has 0 aliphatic heterocycles. The van der Waals surface area contributed by atoms with Gasteiger partial charge in [0.05, 0.1) is 5.92 Å². The third-order valence-electron chi connectivity index (χ3n) is 2.43. The zero-order valence-electron chi connectivity index (χ0n) is 6.97. The second-order valence-corrected chi connectivity index (χ2v) is 3.38. The second-order valence-electron chi connectivity index (χ2n) is 3.38. The zero-order valence-corrected chi connectivity index (χ0v) is 6.97. The highest BCUT2D eigenvalue weighted by molar-refractivity contribution is 5.75. The molecule has 2 atom stereocenters. The molecule has 0 aromatic heterocycles. The van der Waals surface area contributed by atoms with Crippen LogP contribution in [0.15, 0.2) is 24.3 Å². The largest absolute Gasteiger partial charge is 0.508 e. The Labute approximate surface area is 75.6 Å². The molecule has 68 valence electrons. The first-order valence-electron chi connectivity index (χ1n) is 4.20. The molecule has 1 fully saturated rings. The van der Waals surface area contributed by atoms with Crippen LogP contribution in [0, 0.1) is 5.92 Å². The van der Waals surface area contributed by atoms with Crippen molar-refractivity contribution in [2.24, 2.45) is 5.92 Å². The van der Waals surface area contributed by atoms with Crippen molar-refractivity contribution in [2.45, 2.75) is 12.3 Å². The lowest BCUT2D eigenvalue weighted by Crippen LogP contribution is -1.98. The minimum atomic E-state index is -0.724. The lowest BCUT2D eigenvalue weighted by molar-refractivity contribution is -0.138. The van der Waals surface area contributed by atoms with Gasteiger partial charge in [-0.25, -0.2) is 0 Å². The summed E-state index contributed by atoms with van der Waals surface area (Å²) in [6.45, 7) is 0. The van der Waals surface area contributed by atoms with Crippen LogP contribution in [-0.4, -0.2) is 16.2 Å². The first-order valence-corrected chi connectivity index (χ1v) is 4.20. The maximum Gasteiger partial charge on any atom is 0.307 e. The van der Waals surface area contributed by atoms with Crippen molar-refractivity contribution in [3.05, 3.63) is 29.8 Å². The van der Waals surface area contributed by atoms with E-state index >= 15 is 0 Å². The van der Waals surface area contributed by atoms with E-state index in [-0.39, 0.29) is 17.6 Å². The van der Waals surface area contributed by atoms with Crippen LogP contribution in [0.5, 0.6) is 5.75 Å². The Morgan fingerprint density at radius 2 is 1.92 bits per heavy atom. The van der Waals surface area contributed by atoms with Gasteiger partial charge in [0, 0.05) is 0 Å². The van der Waals surface area contributed by atoms with Gasteiger partial charge in [0.1, 0.15) is 5.75 Å². The van der Waals surface area contributed by atoms with E-state index < -0.39 is 5.97 Å². The Balaban J connectivity index is 2.12. The van der Waals surface area contributed by atoms with E-state index in [9.17, 15) is 4.79 Å². The van der Waals surface area contributed by atoms with E-state index in [1.165, 1.54) is 0 Å². The monoisotopic (exact) mass is 178 g/mol. The van der Waals surface area contributed by atoms with Gasteiger partial charge in [-0.2, -0.15) is 0 Å². The Bertz CT molecular complexity index is 329. The molecule has 2 rings (SSSR count). The van der Waals surface area contributed by atoms with Gasteiger partial charge in [-0.3, -0.25) is 4.79 Å². The SMILES string of the molecule is O=C(O)[C@H]1C[C@@H]1c1ccc(O)cc1. The molecule has 0 spiro atoms. The van der Waals surface area contributed by atoms with Crippen molar-refractivity contribution in [1.82, 2.24) is 0 Å². The molecule has 3 heteroatoms. The van der Waals surface area contributed by atoms with E-state index in [1.807, 2.05) is 0 Å². The summed E-state index contributed by atoms with van der Waals surface area (Å²) >= 11 is 0. The molecular weight excluding hydrogens is 168 g/mol. The maximum atomic E-state index is 10.6. The third kappa shape index (κ3) is 1.49. The van der Waals surface area contributed by atoms with Crippen LogP contribution < -0.4 is 0 Å². The molecule has 0 heterocycles. The molecule has 3 nitrogen and oxygen atoms in total. The Hall–Kier alpha value is -1.51. The molecule has 1 aromatic carbocycles. The van der Waals surface area contributed by atoms with Crippen LogP contribution >= 0.6 is 0 Å². The number of rotatable bonds is 2. The zero-order chi connectivity index (χ0) is 9.42. The van der Waals surface area contributed by atoms with Gasteiger partial charge in [0.25, 0.3) is 0 Å². The van der Waals surface area contributed by atoms with Crippen molar-refractivity contribution in [3.8, 4) is 5.75 Å². The minimum absolute atomic E-state index is 0.151. The topological polar surface area (TPSA) is 57.5 Å². The minimum Gasteiger partial charge on any atom is -0.508 e. The number of aromatic hydroxyl groups is 1. The quantitative estimate of drug-likeness (QED) is 0.722. The fourth-order valence-electron chi connectivity index (χ4n) is 1.56. The van der Waals surface area contributed by atoms with Gasteiger partial charge in [0.15, 0.2) is 0 Å². The van der Waals surface area contributed by atoms with E-state index in [4.69, 9.17) is 10.2 Å². The first-order chi connectivity index (χ1) is 6.18. The number of benzene rings is 1. The molecule has 13 heavy (non-hydrogen) atoms. The number of carboxylic acids is 1. The smallest absolute Gasteiger partial charge is 0.307 e. The van der Waals surface area contributed by atoms with Crippen LogP contribution in [0.4, 0.5) is 0 Å². The molecule has 0 saturated heterocycles. The fourth-order valence-corrected chi connectivity index (χ4v) is 1.56. The van der Waals surface area contributed by atoms with Crippen molar-refractivity contribution in [2.75, 3.05) is 0 Å². The number of hydrogen-bond donors (Lipinski definition) is 2. The number of aliphatic carboxylic acids is 1. The summed E-state index contributed by atoms with van der Waals surface area (Å²) in [6.07, 6.45) is 0.722. The highest BCUT2D eigenvalue weighted by Gasteiger charge is 2.43. The summed E-state index contributed by atoms with van der Waals surface area (Å²) < 4.78 is 0. The van der Waals surface area contributed by atoms with E-state index in [1.54, 1.807) is 24.3 Å². The average molecular weight is 178 g/mol. The van der Waals surface area contributed by atoms with Gasteiger partial charge in [-0.1, -0.05) is 12.1 Å². The lowest BCUT2D eigenvalue weighted by atomic mass is 10.1. The molecule has 1 aliphatic rings. The van der Waals surface area contributed by atoms with Crippen LogP contribution in [-0.2, 0) is 4.79 Å². The summed E-state index contributed by atoms with van der Waals surface area (Å²) in [5, 5.41) is 17.7. The summed E-state index contributed by atoms with van der Waals surface area (Å²) in [5.74, 6) is -0.572. The van der Waals surface area contributed by atoms with Crippen LogP contribution in [0.25, 0.3) is 0 Å². The van der Waals surface area contributed by atoms with Crippen molar-refractivity contribution in [3.63, 3.8) is 0 Å². The van der Waals surface area contributed by atoms with E-state index in [0.29, 0.717) is 0 Å². The average Bonchev–Trinajstić information content (AvgIpc) is 2.85. The number of phenolic OH excluding ortho intramolecular Hbond substituents is 1. The number of hydrogen-bond acceptors (Lipinski definition) is 2. The van der Waals surface area contributed by atoms with E-state index in [0.717, 1.165) is 12.0 Å². The summed E-state index contributed by atoms with van der Waals surface area (Å²) in [5.41, 5.74) is 1.00. The van der Waals surface area contributed by atoms with Gasteiger partial charge >= 0.3 is 5.97 Å². The Morgan fingerprint density at radius 1 is 1.31 bits per heavy atom. The van der Waals surface area contributed by atoms with Gasteiger partial charge in [-0.15, -0.1) is 0 Å². The fraction of sp³-hybridized carbons (Fsp3) is 0.300. The van der Waals surface area contributed by atoms with Crippen LogP contribution in [0.1, 0.15) is 17.9 Å². The molecule has 2 N–H and O–H groups in total. The summed E-state index contributed by atoms with van der Waals surface area (Å²) in [4.78, 5) is 10.6. The number of carboxylic acid groups (broad SMARTS) is 1. The van der Waals surface area contributed by atoms with Gasteiger partial charge in [-0.05, 0) is 30.0 Å². The standard InChI is InChI=1S/C10H10O3/c11-7-3-1-6(2-4-7)8-5-9(8)10(12)13/h1-4,8-9,11H,5H2,(H,12,13)/t8-,9+/m1/s1. The summed E-state index contributed by atoms with van der Waals surface area (Å²) in [6, 6.07) is 6.74. The predicted octanol–water partition coefficient (Wildman–Crippen LogP) is 1.58. The molecule has 0 amide bonds. The molecule has 0 unspecified atom stereocenters. The lowest BCUT2D eigenvalue weighted by Gasteiger charge is -1.97. The summed E-state index contributed by atoms with van der Waals surface area (Å²) in [7, 11) is 0. The van der Waals surface area contributed by atoms with Gasteiger partial charge < -0.3 is 10.2 Å². The highest BCUT2D eigenvalue weighted by atomic mass is 16.4. The van der Waals surface area contributed by atoms with E-state index in [2.05, 4.69) is 0 Å². The molecule has 1 aliphatic carbocycles. The molecule has 1 saturated carbocycles. The van der Waals surface area contributed by atoms with Crippen LogP contribution in [0.2, 0.25) is 0 Å². The highest BCUT2D eigenvalue weighted by Crippen LogP contribution is 2.47. The van der Waals surface area contributed by atoms with Crippen molar-refractivity contribution in [1.29, 1.82) is 0 Å². The Kier molecular flexibility index (Phi) is 1.72.